The maximum absolute atomic E-state index is 13.0. The number of benzene rings is 2. The van der Waals surface area contributed by atoms with Crippen molar-refractivity contribution in [3.05, 3.63) is 63.7 Å². The molecule has 7 heteroatoms. The molecule has 1 aliphatic rings. The molecule has 0 spiro atoms. The maximum Gasteiger partial charge on any atom is 0.255 e. The van der Waals surface area contributed by atoms with E-state index in [0.29, 0.717) is 17.5 Å². The van der Waals surface area contributed by atoms with E-state index < -0.39 is 17.7 Å². The van der Waals surface area contributed by atoms with Crippen LogP contribution in [0.5, 0.6) is 5.75 Å². The van der Waals surface area contributed by atoms with Crippen molar-refractivity contribution in [2.75, 3.05) is 13.6 Å². The van der Waals surface area contributed by atoms with E-state index >= 15 is 0 Å². The standard InChI is InChI=1S/C22H24F2N2O3/c1-12-13(2)19(27)18(21(29)26-11-17-10-22(17,23)24)9-16(12)8-14-4-6-15(7-5-14)20(28)25-3/h4-7,9,17,27H,8,10-11H2,1-3H3,(H,25,28)(H,26,29). The van der Waals surface area contributed by atoms with E-state index in [4.69, 9.17) is 0 Å². The molecule has 1 aliphatic carbocycles. The minimum absolute atomic E-state index is 0.0778. The van der Waals surface area contributed by atoms with Gasteiger partial charge in [0, 0.05) is 31.5 Å². The Hall–Kier alpha value is -2.96. The number of hydrogen-bond donors (Lipinski definition) is 3. The van der Waals surface area contributed by atoms with E-state index in [-0.39, 0.29) is 30.2 Å². The molecule has 5 nitrogen and oxygen atoms in total. The fourth-order valence-corrected chi connectivity index (χ4v) is 3.27. The monoisotopic (exact) mass is 402 g/mol. The third-order valence-electron chi connectivity index (χ3n) is 5.52. The molecule has 1 unspecified atom stereocenters. The molecular formula is C22H24F2N2O3. The van der Waals surface area contributed by atoms with Gasteiger partial charge in [0.05, 0.1) is 5.56 Å². The first kappa shape index (κ1) is 20.8. The van der Waals surface area contributed by atoms with Gasteiger partial charge in [0.15, 0.2) is 0 Å². The lowest BCUT2D eigenvalue weighted by molar-refractivity contribution is 0.0891. The molecule has 1 fully saturated rings. The molecule has 29 heavy (non-hydrogen) atoms. The number of phenols is 1. The zero-order valence-corrected chi connectivity index (χ0v) is 16.6. The number of hydrogen-bond acceptors (Lipinski definition) is 3. The van der Waals surface area contributed by atoms with Crippen LogP contribution in [-0.4, -0.2) is 36.4 Å². The molecule has 0 bridgehead atoms. The Morgan fingerprint density at radius 3 is 2.31 bits per heavy atom. The highest BCUT2D eigenvalue weighted by atomic mass is 19.3. The predicted octanol–water partition coefficient (Wildman–Crippen LogP) is 3.34. The van der Waals surface area contributed by atoms with E-state index in [2.05, 4.69) is 10.6 Å². The Balaban J connectivity index is 1.80. The van der Waals surface area contributed by atoms with E-state index in [1.54, 1.807) is 32.2 Å². The average molecular weight is 402 g/mol. The molecule has 3 rings (SSSR count). The van der Waals surface area contributed by atoms with Crippen LogP contribution in [0.1, 0.15) is 49.4 Å². The van der Waals surface area contributed by atoms with Crippen molar-refractivity contribution < 1.29 is 23.5 Å². The van der Waals surface area contributed by atoms with Gasteiger partial charge in [-0.2, -0.15) is 0 Å². The second-order valence-corrected chi connectivity index (χ2v) is 7.51. The summed E-state index contributed by atoms with van der Waals surface area (Å²) in [7, 11) is 1.57. The molecule has 0 radical (unpaired) electrons. The molecule has 0 heterocycles. The van der Waals surface area contributed by atoms with Crippen LogP contribution in [0.4, 0.5) is 8.78 Å². The summed E-state index contributed by atoms with van der Waals surface area (Å²) in [5.41, 5.74) is 3.83. The number of carbonyl (C=O) groups is 2. The minimum Gasteiger partial charge on any atom is -0.507 e. The Morgan fingerprint density at radius 2 is 1.76 bits per heavy atom. The molecule has 0 aliphatic heterocycles. The van der Waals surface area contributed by atoms with Gasteiger partial charge in [-0.3, -0.25) is 9.59 Å². The van der Waals surface area contributed by atoms with Crippen LogP contribution in [0.25, 0.3) is 0 Å². The molecule has 2 amide bonds. The molecule has 0 aromatic heterocycles. The zero-order valence-electron chi connectivity index (χ0n) is 16.6. The zero-order chi connectivity index (χ0) is 21.3. The fourth-order valence-electron chi connectivity index (χ4n) is 3.27. The van der Waals surface area contributed by atoms with E-state index in [0.717, 1.165) is 16.7 Å². The second-order valence-electron chi connectivity index (χ2n) is 7.51. The molecule has 0 saturated heterocycles. The Morgan fingerprint density at radius 1 is 1.14 bits per heavy atom. The van der Waals surface area contributed by atoms with Crippen LogP contribution >= 0.6 is 0 Å². The van der Waals surface area contributed by atoms with Gasteiger partial charge in [-0.15, -0.1) is 0 Å². The molecule has 2 aromatic rings. The lowest BCUT2D eigenvalue weighted by Crippen LogP contribution is -2.27. The van der Waals surface area contributed by atoms with Crippen molar-refractivity contribution in [3.63, 3.8) is 0 Å². The number of carbonyl (C=O) groups excluding carboxylic acids is 2. The highest BCUT2D eigenvalue weighted by Gasteiger charge is 2.56. The number of rotatable bonds is 6. The SMILES string of the molecule is CNC(=O)c1ccc(Cc2cc(C(=O)NCC3CC3(F)F)c(O)c(C)c2C)cc1. The molecule has 2 aromatic carbocycles. The summed E-state index contributed by atoms with van der Waals surface area (Å²) in [6.07, 6.45) is 0.283. The van der Waals surface area contributed by atoms with E-state index in [1.807, 2.05) is 19.1 Å². The largest absolute Gasteiger partial charge is 0.507 e. The average Bonchev–Trinajstić information content (AvgIpc) is 3.32. The van der Waals surface area contributed by atoms with Crippen molar-refractivity contribution in [2.24, 2.45) is 5.92 Å². The van der Waals surface area contributed by atoms with Gasteiger partial charge in [-0.1, -0.05) is 12.1 Å². The summed E-state index contributed by atoms with van der Waals surface area (Å²) in [4.78, 5) is 24.1. The summed E-state index contributed by atoms with van der Waals surface area (Å²) in [5, 5.41) is 15.5. The van der Waals surface area contributed by atoms with Crippen molar-refractivity contribution in [3.8, 4) is 5.75 Å². The topological polar surface area (TPSA) is 78.4 Å². The third kappa shape index (κ3) is 4.39. The fraction of sp³-hybridized carbons (Fsp3) is 0.364. The Labute approximate surface area is 168 Å². The smallest absolute Gasteiger partial charge is 0.255 e. The van der Waals surface area contributed by atoms with Crippen LogP contribution in [0.15, 0.2) is 30.3 Å². The first-order valence-electron chi connectivity index (χ1n) is 9.43. The first-order chi connectivity index (χ1) is 13.6. The predicted molar refractivity (Wildman–Crippen MR) is 106 cm³/mol. The van der Waals surface area contributed by atoms with Crippen LogP contribution in [0, 0.1) is 19.8 Å². The lowest BCUT2D eigenvalue weighted by Gasteiger charge is -2.15. The molecule has 3 N–H and O–H groups in total. The highest BCUT2D eigenvalue weighted by Crippen LogP contribution is 2.48. The quantitative estimate of drug-likeness (QED) is 0.694. The summed E-state index contributed by atoms with van der Waals surface area (Å²) in [6, 6.07) is 8.72. The Kier molecular flexibility index (Phi) is 5.59. The van der Waals surface area contributed by atoms with Crippen LogP contribution in [-0.2, 0) is 6.42 Å². The van der Waals surface area contributed by atoms with Crippen LogP contribution in [0.2, 0.25) is 0 Å². The van der Waals surface area contributed by atoms with Gasteiger partial charge in [-0.05, 0) is 60.7 Å². The van der Waals surface area contributed by atoms with Crippen molar-refractivity contribution in [1.29, 1.82) is 0 Å². The molecular weight excluding hydrogens is 378 g/mol. The van der Waals surface area contributed by atoms with E-state index in [1.165, 1.54) is 0 Å². The van der Waals surface area contributed by atoms with Crippen molar-refractivity contribution >= 4 is 11.8 Å². The van der Waals surface area contributed by atoms with Crippen molar-refractivity contribution in [2.45, 2.75) is 32.6 Å². The maximum atomic E-state index is 13.0. The second kappa shape index (κ2) is 7.81. The normalized spacial score (nSPS) is 16.9. The number of amides is 2. The van der Waals surface area contributed by atoms with Gasteiger partial charge in [-0.25, -0.2) is 8.78 Å². The number of aromatic hydroxyl groups is 1. The van der Waals surface area contributed by atoms with Gasteiger partial charge in [0.1, 0.15) is 5.75 Å². The van der Waals surface area contributed by atoms with Gasteiger partial charge >= 0.3 is 0 Å². The summed E-state index contributed by atoms with van der Waals surface area (Å²) in [6.45, 7) is 3.46. The lowest BCUT2D eigenvalue weighted by atomic mass is 9.93. The Bertz CT molecular complexity index is 956. The third-order valence-corrected chi connectivity index (χ3v) is 5.52. The van der Waals surface area contributed by atoms with Gasteiger partial charge in [0.25, 0.3) is 17.7 Å². The number of phenolic OH excluding ortho intramolecular Hbond substituents is 1. The highest BCUT2D eigenvalue weighted by molar-refractivity contribution is 5.97. The molecule has 1 atom stereocenters. The number of alkyl halides is 2. The minimum atomic E-state index is -2.70. The number of nitrogens with one attached hydrogen (secondary N) is 2. The van der Waals surface area contributed by atoms with Gasteiger partial charge in [0.2, 0.25) is 0 Å². The molecule has 1 saturated carbocycles. The molecule has 154 valence electrons. The van der Waals surface area contributed by atoms with Crippen LogP contribution < -0.4 is 10.6 Å². The number of halogens is 2. The van der Waals surface area contributed by atoms with Crippen LogP contribution in [0.3, 0.4) is 0 Å². The first-order valence-corrected chi connectivity index (χ1v) is 9.43. The van der Waals surface area contributed by atoms with Gasteiger partial charge < -0.3 is 15.7 Å². The van der Waals surface area contributed by atoms with Crippen molar-refractivity contribution in [1.82, 2.24) is 10.6 Å². The summed E-state index contributed by atoms with van der Waals surface area (Å²) >= 11 is 0. The van der Waals surface area contributed by atoms with E-state index in [9.17, 15) is 23.5 Å². The summed E-state index contributed by atoms with van der Waals surface area (Å²) < 4.78 is 26.1. The summed E-state index contributed by atoms with van der Waals surface area (Å²) in [5.74, 6) is -4.41.